The number of hydrogen-bond acceptors (Lipinski definition) is 3. The number of likely N-dealkylation sites (tertiary alicyclic amines) is 1. The number of phenolic OH excluding ortho intramolecular Hbond substituents is 1. The summed E-state index contributed by atoms with van der Waals surface area (Å²) in [6.45, 7) is 2.71. The van der Waals surface area contributed by atoms with E-state index in [9.17, 15) is 9.90 Å². The van der Waals surface area contributed by atoms with Gasteiger partial charge in [0.1, 0.15) is 5.75 Å². The van der Waals surface area contributed by atoms with E-state index in [0.717, 1.165) is 43.5 Å². The standard InChI is InChI=1S/C19H25N3O2/c1-14-18(13-21(2)20-14)19(24)22-11-4-3-7-16(22)10-9-15-6-5-8-17(23)12-15/h5-6,8,12-13,16,23H,3-4,7,9-11H2,1-2H3/t16-/m1/s1. The third-order valence-electron chi connectivity index (χ3n) is 4.81. The maximum atomic E-state index is 12.9. The summed E-state index contributed by atoms with van der Waals surface area (Å²) in [5, 5.41) is 13.9. The van der Waals surface area contributed by atoms with E-state index in [-0.39, 0.29) is 11.9 Å². The average Bonchev–Trinajstić information content (AvgIpc) is 2.91. The first-order valence-corrected chi connectivity index (χ1v) is 8.63. The molecular weight excluding hydrogens is 302 g/mol. The lowest BCUT2D eigenvalue weighted by Crippen LogP contribution is -2.44. The minimum atomic E-state index is 0.0983. The van der Waals surface area contributed by atoms with Crippen molar-refractivity contribution in [2.24, 2.45) is 7.05 Å². The van der Waals surface area contributed by atoms with Crippen molar-refractivity contribution >= 4 is 5.91 Å². The second-order valence-electron chi connectivity index (χ2n) is 6.66. The zero-order chi connectivity index (χ0) is 17.1. The first-order chi connectivity index (χ1) is 11.5. The van der Waals surface area contributed by atoms with Crippen molar-refractivity contribution in [2.75, 3.05) is 6.54 Å². The fourth-order valence-electron chi connectivity index (χ4n) is 3.58. The van der Waals surface area contributed by atoms with Gasteiger partial charge in [-0.1, -0.05) is 12.1 Å². The fraction of sp³-hybridized carbons (Fsp3) is 0.474. The van der Waals surface area contributed by atoms with E-state index in [2.05, 4.69) is 5.10 Å². The van der Waals surface area contributed by atoms with Crippen LogP contribution in [-0.4, -0.2) is 38.3 Å². The van der Waals surface area contributed by atoms with E-state index in [4.69, 9.17) is 0 Å². The van der Waals surface area contributed by atoms with E-state index in [1.165, 1.54) is 6.42 Å². The van der Waals surface area contributed by atoms with Crippen molar-refractivity contribution in [1.29, 1.82) is 0 Å². The summed E-state index contributed by atoms with van der Waals surface area (Å²) in [4.78, 5) is 15.0. The number of aryl methyl sites for hydroxylation is 3. The maximum absolute atomic E-state index is 12.9. The van der Waals surface area contributed by atoms with Crippen LogP contribution in [0.15, 0.2) is 30.5 Å². The van der Waals surface area contributed by atoms with Crippen LogP contribution in [0.25, 0.3) is 0 Å². The molecule has 1 aliphatic rings. The number of aromatic nitrogens is 2. The number of phenols is 1. The highest BCUT2D eigenvalue weighted by Gasteiger charge is 2.28. The van der Waals surface area contributed by atoms with Crippen LogP contribution in [0.2, 0.25) is 0 Å². The lowest BCUT2D eigenvalue weighted by molar-refractivity contribution is 0.0601. The van der Waals surface area contributed by atoms with E-state index >= 15 is 0 Å². The number of amides is 1. The van der Waals surface area contributed by atoms with Gasteiger partial charge in [0, 0.05) is 25.8 Å². The fourth-order valence-corrected chi connectivity index (χ4v) is 3.58. The van der Waals surface area contributed by atoms with Crippen molar-refractivity contribution in [1.82, 2.24) is 14.7 Å². The molecular formula is C19H25N3O2. The number of rotatable bonds is 4. The third-order valence-corrected chi connectivity index (χ3v) is 4.81. The predicted octanol–water partition coefficient (Wildman–Crippen LogP) is 3.06. The van der Waals surface area contributed by atoms with Gasteiger partial charge in [-0.05, 0) is 56.7 Å². The summed E-state index contributed by atoms with van der Waals surface area (Å²) >= 11 is 0. The number of piperidine rings is 1. The minimum Gasteiger partial charge on any atom is -0.508 e. The summed E-state index contributed by atoms with van der Waals surface area (Å²) in [6.07, 6.45) is 6.89. The molecule has 5 heteroatoms. The van der Waals surface area contributed by atoms with E-state index in [1.54, 1.807) is 16.8 Å². The first-order valence-electron chi connectivity index (χ1n) is 8.63. The third kappa shape index (κ3) is 3.61. The minimum absolute atomic E-state index is 0.0983. The normalized spacial score (nSPS) is 17.9. The van der Waals surface area contributed by atoms with Gasteiger partial charge in [0.05, 0.1) is 11.3 Å². The largest absolute Gasteiger partial charge is 0.508 e. The molecule has 1 aromatic carbocycles. The van der Waals surface area contributed by atoms with Gasteiger partial charge in [-0.25, -0.2) is 0 Å². The Morgan fingerprint density at radius 1 is 1.38 bits per heavy atom. The number of hydrogen-bond donors (Lipinski definition) is 1. The van der Waals surface area contributed by atoms with Crippen LogP contribution in [-0.2, 0) is 13.5 Å². The SMILES string of the molecule is Cc1nn(C)cc1C(=O)N1CCCC[C@@H]1CCc1cccc(O)c1. The summed E-state index contributed by atoms with van der Waals surface area (Å²) in [7, 11) is 1.85. The average molecular weight is 327 g/mol. The van der Waals surface area contributed by atoms with Gasteiger partial charge in [0.15, 0.2) is 0 Å². The molecule has 3 rings (SSSR count). The summed E-state index contributed by atoms with van der Waals surface area (Å²) in [5.74, 6) is 0.399. The van der Waals surface area contributed by atoms with Crippen LogP contribution in [0, 0.1) is 6.92 Å². The van der Waals surface area contributed by atoms with Crippen molar-refractivity contribution in [2.45, 2.75) is 45.1 Å². The number of nitrogens with zero attached hydrogens (tertiary/aromatic N) is 3. The summed E-state index contributed by atoms with van der Waals surface area (Å²) < 4.78 is 1.70. The Balaban J connectivity index is 1.71. The van der Waals surface area contributed by atoms with E-state index in [1.807, 2.05) is 37.2 Å². The number of aromatic hydroxyl groups is 1. The van der Waals surface area contributed by atoms with E-state index < -0.39 is 0 Å². The lowest BCUT2D eigenvalue weighted by Gasteiger charge is -2.36. The van der Waals surface area contributed by atoms with Gasteiger partial charge < -0.3 is 10.0 Å². The molecule has 0 unspecified atom stereocenters. The number of benzene rings is 1. The molecule has 1 aromatic heterocycles. The molecule has 1 N–H and O–H groups in total. The molecule has 1 aliphatic heterocycles. The second-order valence-corrected chi connectivity index (χ2v) is 6.66. The van der Waals surface area contributed by atoms with Crippen LogP contribution < -0.4 is 0 Å². The second kappa shape index (κ2) is 7.07. The molecule has 24 heavy (non-hydrogen) atoms. The highest BCUT2D eigenvalue weighted by molar-refractivity contribution is 5.95. The highest BCUT2D eigenvalue weighted by atomic mass is 16.3. The van der Waals surface area contributed by atoms with Gasteiger partial charge >= 0.3 is 0 Å². The predicted molar refractivity (Wildman–Crippen MR) is 93.0 cm³/mol. The molecule has 1 saturated heterocycles. The quantitative estimate of drug-likeness (QED) is 0.939. The Hall–Kier alpha value is -2.30. The molecule has 5 nitrogen and oxygen atoms in total. The van der Waals surface area contributed by atoms with Gasteiger partial charge in [-0.3, -0.25) is 9.48 Å². The van der Waals surface area contributed by atoms with Crippen LogP contribution in [0.4, 0.5) is 0 Å². The van der Waals surface area contributed by atoms with Gasteiger partial charge in [-0.2, -0.15) is 5.10 Å². The first kappa shape index (κ1) is 16.6. The van der Waals surface area contributed by atoms with Crippen molar-refractivity contribution < 1.29 is 9.90 Å². The van der Waals surface area contributed by atoms with Crippen molar-refractivity contribution in [3.05, 3.63) is 47.3 Å². The van der Waals surface area contributed by atoms with Gasteiger partial charge in [0.25, 0.3) is 5.91 Å². The molecule has 0 bridgehead atoms. The molecule has 1 fully saturated rings. The summed E-state index contributed by atoms with van der Waals surface area (Å²) in [6, 6.07) is 7.65. The van der Waals surface area contributed by atoms with Crippen LogP contribution in [0.1, 0.15) is 47.3 Å². The van der Waals surface area contributed by atoms with Crippen LogP contribution in [0.5, 0.6) is 5.75 Å². The van der Waals surface area contributed by atoms with E-state index in [0.29, 0.717) is 11.3 Å². The molecule has 0 aliphatic carbocycles. The van der Waals surface area contributed by atoms with Gasteiger partial charge in [-0.15, -0.1) is 0 Å². The van der Waals surface area contributed by atoms with Crippen LogP contribution >= 0.6 is 0 Å². The molecule has 0 spiro atoms. The molecule has 0 radical (unpaired) electrons. The Bertz CT molecular complexity index is 723. The van der Waals surface area contributed by atoms with Crippen molar-refractivity contribution in [3.8, 4) is 5.75 Å². The highest BCUT2D eigenvalue weighted by Crippen LogP contribution is 2.24. The number of carbonyl (C=O) groups is 1. The Labute approximate surface area is 142 Å². The molecule has 128 valence electrons. The monoisotopic (exact) mass is 327 g/mol. The Kier molecular flexibility index (Phi) is 4.88. The summed E-state index contributed by atoms with van der Waals surface area (Å²) in [5.41, 5.74) is 2.62. The van der Waals surface area contributed by atoms with Crippen LogP contribution in [0.3, 0.4) is 0 Å². The zero-order valence-corrected chi connectivity index (χ0v) is 14.4. The smallest absolute Gasteiger partial charge is 0.257 e. The molecule has 1 amide bonds. The molecule has 0 saturated carbocycles. The molecule has 1 atom stereocenters. The molecule has 2 aromatic rings. The van der Waals surface area contributed by atoms with Crippen molar-refractivity contribution in [3.63, 3.8) is 0 Å². The Morgan fingerprint density at radius 2 is 2.21 bits per heavy atom. The molecule has 2 heterocycles. The number of carbonyl (C=O) groups excluding carboxylic acids is 1. The zero-order valence-electron chi connectivity index (χ0n) is 14.4. The maximum Gasteiger partial charge on any atom is 0.257 e. The lowest BCUT2D eigenvalue weighted by atomic mass is 9.95. The van der Waals surface area contributed by atoms with Gasteiger partial charge in [0.2, 0.25) is 0 Å². The topological polar surface area (TPSA) is 58.4 Å². The Morgan fingerprint density at radius 3 is 2.92 bits per heavy atom.